The van der Waals surface area contributed by atoms with Crippen molar-refractivity contribution in [2.24, 2.45) is 17.8 Å². The van der Waals surface area contributed by atoms with E-state index in [2.05, 4.69) is 5.32 Å². The molecule has 7 nitrogen and oxygen atoms in total. The number of anilines is 1. The van der Waals surface area contributed by atoms with Crippen LogP contribution >= 0.6 is 11.6 Å². The van der Waals surface area contributed by atoms with Gasteiger partial charge in [0, 0.05) is 42.8 Å². The molecule has 1 aromatic rings. The topological polar surface area (TPSA) is 78.7 Å². The second kappa shape index (κ2) is 7.04. The van der Waals surface area contributed by atoms with Gasteiger partial charge in [-0.3, -0.25) is 10.1 Å². The van der Waals surface area contributed by atoms with E-state index in [0.717, 1.165) is 37.0 Å². The molecule has 4 aliphatic carbocycles. The Kier molecular flexibility index (Phi) is 4.61. The zero-order chi connectivity index (χ0) is 20.2. The Morgan fingerprint density at radius 2 is 1.66 bits per heavy atom. The molecule has 0 spiro atoms. The number of amides is 2. The van der Waals surface area contributed by atoms with Gasteiger partial charge in [-0.25, -0.2) is 4.79 Å². The Balaban J connectivity index is 1.22. The van der Waals surface area contributed by atoms with Crippen LogP contribution in [0.4, 0.5) is 16.2 Å². The maximum Gasteiger partial charge on any atom is 0.317 e. The van der Waals surface area contributed by atoms with Crippen LogP contribution in [0.25, 0.3) is 0 Å². The minimum absolute atomic E-state index is 0.0118. The first-order valence-electron chi connectivity index (χ1n) is 10.7. The fourth-order valence-electron chi connectivity index (χ4n) is 6.63. The Labute approximate surface area is 175 Å². The Hall–Kier alpha value is -2.02. The number of nitrogens with zero attached hydrogens (tertiary/aromatic N) is 3. The molecule has 4 bridgehead atoms. The lowest BCUT2D eigenvalue weighted by atomic mass is 9.53. The van der Waals surface area contributed by atoms with Crippen LogP contribution in [-0.2, 0) is 0 Å². The number of nitro groups is 1. The van der Waals surface area contributed by atoms with Gasteiger partial charge in [0.1, 0.15) is 5.69 Å². The largest absolute Gasteiger partial charge is 0.362 e. The third kappa shape index (κ3) is 3.54. The monoisotopic (exact) mass is 418 g/mol. The summed E-state index contributed by atoms with van der Waals surface area (Å²) >= 11 is 5.93. The summed E-state index contributed by atoms with van der Waals surface area (Å²) in [5.41, 5.74) is 0.599. The van der Waals surface area contributed by atoms with E-state index in [1.54, 1.807) is 12.1 Å². The van der Waals surface area contributed by atoms with Gasteiger partial charge in [-0.1, -0.05) is 11.6 Å². The fourth-order valence-corrected chi connectivity index (χ4v) is 6.80. The van der Waals surface area contributed by atoms with Crippen LogP contribution in [0.2, 0.25) is 5.02 Å². The molecule has 5 fully saturated rings. The van der Waals surface area contributed by atoms with Gasteiger partial charge in [0.05, 0.1) is 4.92 Å². The van der Waals surface area contributed by atoms with Crippen molar-refractivity contribution in [3.8, 4) is 0 Å². The van der Waals surface area contributed by atoms with Crippen molar-refractivity contribution in [3.63, 3.8) is 0 Å². The third-order valence-electron chi connectivity index (χ3n) is 7.45. The molecule has 1 aliphatic heterocycles. The van der Waals surface area contributed by atoms with E-state index in [1.165, 1.54) is 25.3 Å². The van der Waals surface area contributed by atoms with Crippen LogP contribution in [0.3, 0.4) is 0 Å². The van der Waals surface area contributed by atoms with E-state index in [9.17, 15) is 14.9 Å². The van der Waals surface area contributed by atoms with Crippen LogP contribution in [0.1, 0.15) is 38.5 Å². The number of nitro benzene ring substituents is 1. The summed E-state index contributed by atoms with van der Waals surface area (Å²) in [5.74, 6) is 2.39. The molecule has 156 valence electrons. The molecule has 2 amide bonds. The van der Waals surface area contributed by atoms with Gasteiger partial charge < -0.3 is 15.1 Å². The standard InChI is InChI=1S/C21H27ClN4O3/c22-17-1-2-18(19(10-17)26(28)29)24-3-5-25(6-4-24)20(27)23-21-11-14-7-15(12-21)9-16(8-14)13-21/h1-2,10,14-16H,3-9,11-13H2,(H,23,27). The zero-order valence-electron chi connectivity index (χ0n) is 16.5. The van der Waals surface area contributed by atoms with E-state index in [-0.39, 0.29) is 17.3 Å². The van der Waals surface area contributed by atoms with Crippen molar-refractivity contribution in [2.45, 2.75) is 44.1 Å². The summed E-state index contributed by atoms with van der Waals surface area (Å²) in [6.07, 6.45) is 7.49. The van der Waals surface area contributed by atoms with E-state index in [1.807, 2.05) is 9.80 Å². The second-order valence-electron chi connectivity index (χ2n) is 9.49. The molecule has 0 radical (unpaired) electrons. The number of carbonyl (C=O) groups excluding carboxylic acids is 1. The first-order valence-corrected chi connectivity index (χ1v) is 11.0. The van der Waals surface area contributed by atoms with Crippen molar-refractivity contribution >= 4 is 29.0 Å². The number of hydrogen-bond acceptors (Lipinski definition) is 4. The normalized spacial score (nSPS) is 33.1. The molecule has 6 rings (SSSR count). The molecule has 1 aromatic carbocycles. The fraction of sp³-hybridized carbons (Fsp3) is 0.667. The number of carbonyl (C=O) groups is 1. The molecular formula is C21H27ClN4O3. The van der Waals surface area contributed by atoms with Crippen molar-refractivity contribution in [2.75, 3.05) is 31.1 Å². The number of rotatable bonds is 3. The minimum atomic E-state index is -0.395. The van der Waals surface area contributed by atoms with Crippen molar-refractivity contribution < 1.29 is 9.72 Å². The van der Waals surface area contributed by atoms with Crippen LogP contribution in [-0.4, -0.2) is 47.6 Å². The molecule has 1 heterocycles. The summed E-state index contributed by atoms with van der Waals surface area (Å²) in [7, 11) is 0. The van der Waals surface area contributed by atoms with Crippen molar-refractivity contribution in [1.82, 2.24) is 10.2 Å². The first kappa shape index (κ1) is 19.0. The highest BCUT2D eigenvalue weighted by Crippen LogP contribution is 2.55. The lowest BCUT2D eigenvalue weighted by Crippen LogP contribution is -2.63. The number of nitrogens with one attached hydrogen (secondary N) is 1. The van der Waals surface area contributed by atoms with Crippen LogP contribution < -0.4 is 10.2 Å². The number of halogens is 1. The molecule has 1 N–H and O–H groups in total. The maximum atomic E-state index is 13.0. The van der Waals surface area contributed by atoms with Gasteiger partial charge in [-0.2, -0.15) is 0 Å². The molecule has 0 unspecified atom stereocenters. The van der Waals surface area contributed by atoms with Crippen molar-refractivity contribution in [1.29, 1.82) is 0 Å². The molecule has 29 heavy (non-hydrogen) atoms. The Morgan fingerprint density at radius 1 is 1.07 bits per heavy atom. The molecule has 0 atom stereocenters. The predicted molar refractivity (Wildman–Crippen MR) is 111 cm³/mol. The first-order chi connectivity index (χ1) is 13.9. The quantitative estimate of drug-likeness (QED) is 0.593. The van der Waals surface area contributed by atoms with Gasteiger partial charge in [0.25, 0.3) is 5.69 Å². The van der Waals surface area contributed by atoms with E-state index in [0.29, 0.717) is 36.9 Å². The van der Waals surface area contributed by atoms with Crippen LogP contribution in [0.15, 0.2) is 18.2 Å². The van der Waals surface area contributed by atoms with Gasteiger partial charge in [-0.05, 0) is 68.4 Å². The highest BCUT2D eigenvalue weighted by atomic mass is 35.5. The Morgan fingerprint density at radius 3 is 2.21 bits per heavy atom. The predicted octanol–water partition coefficient (Wildman–Crippen LogP) is 4.05. The molecule has 1 saturated heterocycles. The molecular weight excluding hydrogens is 392 g/mol. The summed E-state index contributed by atoms with van der Waals surface area (Å²) in [5, 5.41) is 15.2. The van der Waals surface area contributed by atoms with Gasteiger partial charge >= 0.3 is 6.03 Å². The third-order valence-corrected chi connectivity index (χ3v) is 7.69. The summed E-state index contributed by atoms with van der Waals surface area (Å²) in [4.78, 5) is 27.9. The maximum absolute atomic E-state index is 13.0. The second-order valence-corrected chi connectivity index (χ2v) is 9.93. The summed E-state index contributed by atoms with van der Waals surface area (Å²) in [6.45, 7) is 2.30. The molecule has 0 aromatic heterocycles. The van der Waals surface area contributed by atoms with Gasteiger partial charge in [-0.15, -0.1) is 0 Å². The highest BCUT2D eigenvalue weighted by molar-refractivity contribution is 6.30. The van der Waals surface area contributed by atoms with Crippen molar-refractivity contribution in [3.05, 3.63) is 33.3 Å². The number of piperazine rings is 1. The smallest absolute Gasteiger partial charge is 0.317 e. The van der Waals surface area contributed by atoms with E-state index >= 15 is 0 Å². The molecule has 8 heteroatoms. The lowest BCUT2D eigenvalue weighted by molar-refractivity contribution is -0.384. The number of benzene rings is 1. The Bertz CT molecular complexity index is 802. The van der Waals surface area contributed by atoms with Crippen LogP contribution in [0.5, 0.6) is 0 Å². The van der Waals surface area contributed by atoms with Gasteiger partial charge in [0.15, 0.2) is 0 Å². The SMILES string of the molecule is O=C(NC12CC3CC(CC(C3)C1)C2)N1CCN(c2ccc(Cl)cc2[N+](=O)[O-])CC1. The zero-order valence-corrected chi connectivity index (χ0v) is 17.2. The summed E-state index contributed by atoms with van der Waals surface area (Å²) in [6, 6.07) is 4.81. The van der Waals surface area contributed by atoms with Gasteiger partial charge in [0.2, 0.25) is 0 Å². The average Bonchev–Trinajstić information content (AvgIpc) is 2.66. The van der Waals surface area contributed by atoms with E-state index < -0.39 is 4.92 Å². The minimum Gasteiger partial charge on any atom is -0.362 e. The highest BCUT2D eigenvalue weighted by Gasteiger charge is 2.51. The van der Waals surface area contributed by atoms with E-state index in [4.69, 9.17) is 11.6 Å². The molecule has 5 aliphatic rings. The lowest BCUT2D eigenvalue weighted by Gasteiger charge is -2.57. The number of hydrogen-bond donors (Lipinski definition) is 1. The number of urea groups is 1. The van der Waals surface area contributed by atoms with Crippen LogP contribution in [0, 0.1) is 27.9 Å². The summed E-state index contributed by atoms with van der Waals surface area (Å²) < 4.78 is 0. The average molecular weight is 419 g/mol. The molecule has 4 saturated carbocycles.